The Morgan fingerprint density at radius 3 is 2.42 bits per heavy atom. The van der Waals surface area contributed by atoms with Gasteiger partial charge >= 0.3 is 0 Å². The molecule has 2 aliphatic rings. The molecule has 2 fully saturated rings. The number of nitrogens with zero attached hydrogens (tertiary/aromatic N) is 2. The van der Waals surface area contributed by atoms with Crippen molar-refractivity contribution >= 4 is 0 Å². The first-order valence-electron chi connectivity index (χ1n) is 8.11. The lowest BCUT2D eigenvalue weighted by Gasteiger charge is -2.23. The van der Waals surface area contributed by atoms with Crippen LogP contribution in [0.2, 0.25) is 0 Å². The number of aromatic nitrogens is 2. The van der Waals surface area contributed by atoms with Crippen molar-refractivity contribution in [1.29, 1.82) is 0 Å². The van der Waals surface area contributed by atoms with Gasteiger partial charge in [0.15, 0.2) is 0 Å². The van der Waals surface area contributed by atoms with Crippen LogP contribution in [0.4, 0.5) is 0 Å². The Labute approximate surface area is 116 Å². The first-order valence-corrected chi connectivity index (χ1v) is 8.11. The second-order valence-corrected chi connectivity index (χ2v) is 6.30. The molecule has 0 bridgehead atoms. The van der Waals surface area contributed by atoms with E-state index in [-0.39, 0.29) is 0 Å². The summed E-state index contributed by atoms with van der Waals surface area (Å²) in [4.78, 5) is 0. The van der Waals surface area contributed by atoms with Gasteiger partial charge in [-0.2, -0.15) is 5.10 Å². The molecule has 0 amide bonds. The molecule has 0 atom stereocenters. The summed E-state index contributed by atoms with van der Waals surface area (Å²) in [5, 5.41) is 8.21. The second-order valence-electron chi connectivity index (χ2n) is 6.30. The normalized spacial score (nSPS) is 23.4. The molecule has 1 saturated carbocycles. The molecule has 1 aliphatic carbocycles. The van der Waals surface area contributed by atoms with E-state index in [1.165, 1.54) is 75.7 Å². The van der Waals surface area contributed by atoms with E-state index in [2.05, 4.69) is 23.1 Å². The fraction of sp³-hybridized carbons (Fsp3) is 0.812. The average molecular weight is 261 g/mol. The van der Waals surface area contributed by atoms with Gasteiger partial charge in [-0.1, -0.05) is 25.7 Å². The minimum Gasteiger partial charge on any atom is -0.317 e. The molecule has 1 N–H and O–H groups in total. The summed E-state index contributed by atoms with van der Waals surface area (Å²) in [7, 11) is 0. The lowest BCUT2D eigenvalue weighted by molar-refractivity contribution is 0.395. The van der Waals surface area contributed by atoms with E-state index in [1.54, 1.807) is 0 Å². The Morgan fingerprint density at radius 2 is 1.74 bits per heavy atom. The highest BCUT2D eigenvalue weighted by Crippen LogP contribution is 2.32. The molecule has 0 spiro atoms. The van der Waals surface area contributed by atoms with Gasteiger partial charge in [0.2, 0.25) is 0 Å². The summed E-state index contributed by atoms with van der Waals surface area (Å²) >= 11 is 0. The number of hydrogen-bond acceptors (Lipinski definition) is 2. The predicted molar refractivity (Wildman–Crippen MR) is 78.5 cm³/mol. The van der Waals surface area contributed by atoms with Crippen LogP contribution >= 0.6 is 0 Å². The molecule has 1 aromatic rings. The molecular weight excluding hydrogens is 234 g/mol. The zero-order valence-electron chi connectivity index (χ0n) is 12.2. The van der Waals surface area contributed by atoms with E-state index in [9.17, 15) is 0 Å². The lowest BCUT2D eigenvalue weighted by Crippen LogP contribution is -2.26. The number of piperidine rings is 1. The number of hydrogen-bond donors (Lipinski definition) is 1. The zero-order chi connectivity index (χ0) is 13.1. The highest BCUT2D eigenvalue weighted by Gasteiger charge is 2.23. The van der Waals surface area contributed by atoms with Gasteiger partial charge in [-0.05, 0) is 57.2 Å². The molecule has 19 heavy (non-hydrogen) atoms. The Hall–Kier alpha value is -0.830. The molecule has 3 nitrogen and oxygen atoms in total. The van der Waals surface area contributed by atoms with Gasteiger partial charge in [-0.15, -0.1) is 0 Å². The minimum atomic E-state index is 0.665. The maximum Gasteiger partial charge on any atom is 0.0527 e. The third-order valence-electron chi connectivity index (χ3n) is 5.03. The average Bonchev–Trinajstić information content (AvgIpc) is 2.67. The molecule has 3 rings (SSSR count). The van der Waals surface area contributed by atoms with Crippen molar-refractivity contribution in [2.45, 2.75) is 70.3 Å². The minimum absolute atomic E-state index is 0.665. The highest BCUT2D eigenvalue weighted by molar-refractivity contribution is 5.22. The SMILES string of the molecule is Cc1c(C2CCNCC2)cnn1C1CCCCCC1. The Kier molecular flexibility index (Phi) is 4.21. The van der Waals surface area contributed by atoms with E-state index >= 15 is 0 Å². The maximum absolute atomic E-state index is 4.75. The van der Waals surface area contributed by atoms with Crippen LogP contribution in [0.25, 0.3) is 0 Å². The van der Waals surface area contributed by atoms with Gasteiger partial charge in [-0.25, -0.2) is 0 Å². The zero-order valence-corrected chi connectivity index (χ0v) is 12.2. The van der Waals surface area contributed by atoms with Crippen molar-refractivity contribution in [2.75, 3.05) is 13.1 Å². The van der Waals surface area contributed by atoms with Crippen LogP contribution in [0.1, 0.15) is 74.6 Å². The summed E-state index contributed by atoms with van der Waals surface area (Å²) in [6.07, 6.45) is 13.0. The maximum atomic E-state index is 4.75. The fourth-order valence-corrected chi connectivity index (χ4v) is 3.84. The molecule has 1 aromatic heterocycles. The van der Waals surface area contributed by atoms with Gasteiger partial charge < -0.3 is 5.32 Å². The Bertz CT molecular complexity index is 396. The van der Waals surface area contributed by atoms with Crippen molar-refractivity contribution < 1.29 is 0 Å². The highest BCUT2D eigenvalue weighted by atomic mass is 15.3. The van der Waals surface area contributed by atoms with Crippen LogP contribution in [0.3, 0.4) is 0 Å². The van der Waals surface area contributed by atoms with Crippen LogP contribution in [0, 0.1) is 6.92 Å². The van der Waals surface area contributed by atoms with Crippen molar-refractivity contribution in [3.63, 3.8) is 0 Å². The molecule has 1 saturated heterocycles. The summed E-state index contributed by atoms with van der Waals surface area (Å²) in [5.74, 6) is 0.737. The molecule has 1 aliphatic heterocycles. The monoisotopic (exact) mass is 261 g/mol. The van der Waals surface area contributed by atoms with E-state index < -0.39 is 0 Å². The van der Waals surface area contributed by atoms with Gasteiger partial charge in [0.25, 0.3) is 0 Å². The van der Waals surface area contributed by atoms with Crippen LogP contribution in [-0.4, -0.2) is 22.9 Å². The largest absolute Gasteiger partial charge is 0.317 e. The van der Waals surface area contributed by atoms with Gasteiger partial charge in [0, 0.05) is 5.69 Å². The topological polar surface area (TPSA) is 29.9 Å². The summed E-state index contributed by atoms with van der Waals surface area (Å²) < 4.78 is 2.35. The van der Waals surface area contributed by atoms with E-state index in [4.69, 9.17) is 5.10 Å². The van der Waals surface area contributed by atoms with Crippen LogP contribution in [0.5, 0.6) is 0 Å². The molecule has 3 heteroatoms. The smallest absolute Gasteiger partial charge is 0.0527 e. The van der Waals surface area contributed by atoms with Gasteiger partial charge in [0.05, 0.1) is 12.2 Å². The summed E-state index contributed by atoms with van der Waals surface area (Å²) in [6.45, 7) is 4.62. The number of nitrogens with one attached hydrogen (secondary N) is 1. The third kappa shape index (κ3) is 2.86. The standard InChI is InChI=1S/C16H27N3/c1-13-16(14-8-10-17-11-9-14)12-18-19(13)15-6-4-2-3-5-7-15/h12,14-15,17H,2-11H2,1H3. The molecule has 106 valence electrons. The van der Waals surface area contributed by atoms with E-state index in [0.717, 1.165) is 5.92 Å². The van der Waals surface area contributed by atoms with Crippen LogP contribution in [0.15, 0.2) is 6.20 Å². The van der Waals surface area contributed by atoms with E-state index in [1.807, 2.05) is 0 Å². The van der Waals surface area contributed by atoms with Gasteiger partial charge in [0.1, 0.15) is 0 Å². The van der Waals surface area contributed by atoms with Crippen molar-refractivity contribution in [3.05, 3.63) is 17.5 Å². The quantitative estimate of drug-likeness (QED) is 0.825. The first-order chi connectivity index (χ1) is 9.36. The molecule has 0 unspecified atom stereocenters. The Balaban J connectivity index is 1.77. The molecule has 2 heterocycles. The van der Waals surface area contributed by atoms with Gasteiger partial charge in [-0.3, -0.25) is 4.68 Å². The lowest BCUT2D eigenvalue weighted by atomic mass is 9.90. The van der Waals surface area contributed by atoms with Crippen LogP contribution < -0.4 is 5.32 Å². The first kappa shape index (κ1) is 13.2. The summed E-state index contributed by atoms with van der Waals surface area (Å²) in [5.41, 5.74) is 2.96. The van der Waals surface area contributed by atoms with Crippen molar-refractivity contribution in [3.8, 4) is 0 Å². The molecule has 0 aromatic carbocycles. The number of rotatable bonds is 2. The fourth-order valence-electron chi connectivity index (χ4n) is 3.84. The predicted octanol–water partition coefficient (Wildman–Crippen LogP) is 3.55. The van der Waals surface area contributed by atoms with Crippen molar-refractivity contribution in [1.82, 2.24) is 15.1 Å². The molecular formula is C16H27N3. The third-order valence-corrected chi connectivity index (χ3v) is 5.03. The second kappa shape index (κ2) is 6.08. The van der Waals surface area contributed by atoms with E-state index in [0.29, 0.717) is 6.04 Å². The van der Waals surface area contributed by atoms with Crippen LogP contribution in [-0.2, 0) is 0 Å². The summed E-state index contributed by atoms with van der Waals surface area (Å²) in [6, 6.07) is 0.665. The van der Waals surface area contributed by atoms with Crippen molar-refractivity contribution in [2.24, 2.45) is 0 Å². The molecule has 0 radical (unpaired) electrons. The Morgan fingerprint density at radius 1 is 1.05 bits per heavy atom.